The average Bonchev–Trinajstić information content (AvgIpc) is 2.39. The number of rotatable bonds is 4. The lowest BCUT2D eigenvalue weighted by atomic mass is 10.1. The third kappa shape index (κ3) is 4.02. The minimum atomic E-state index is -0.658. The monoisotopic (exact) mass is 344 g/mol. The Morgan fingerprint density at radius 3 is 2.60 bits per heavy atom. The Bertz CT molecular complexity index is 456. The van der Waals surface area contributed by atoms with E-state index in [0.717, 1.165) is 36.5 Å². The number of hydrogen-bond donors (Lipinski definition) is 3. The molecular formula is C12H21BrN6O. The Kier molecular flexibility index (Phi) is 4.79. The molecular weight excluding hydrogens is 324 g/mol. The summed E-state index contributed by atoms with van der Waals surface area (Å²) in [6, 6.07) is 0. The maximum atomic E-state index is 9.86. The Labute approximate surface area is 127 Å². The van der Waals surface area contributed by atoms with Crippen molar-refractivity contribution < 1.29 is 5.11 Å². The molecule has 0 radical (unpaired) electrons. The summed E-state index contributed by atoms with van der Waals surface area (Å²) in [4.78, 5) is 12.9. The number of nitrogens with two attached hydrogens (primary N) is 1. The molecule has 0 bridgehead atoms. The van der Waals surface area contributed by atoms with Crippen molar-refractivity contribution in [2.24, 2.45) is 5.84 Å². The van der Waals surface area contributed by atoms with E-state index in [1.165, 1.54) is 0 Å². The molecule has 2 rings (SSSR count). The summed E-state index contributed by atoms with van der Waals surface area (Å²) in [7, 11) is 0. The molecule has 4 N–H and O–H groups in total. The fourth-order valence-corrected chi connectivity index (χ4v) is 2.76. The maximum absolute atomic E-state index is 9.86. The summed E-state index contributed by atoms with van der Waals surface area (Å²) in [6.07, 6.45) is 1.70. The quantitative estimate of drug-likeness (QED) is 0.538. The van der Waals surface area contributed by atoms with Gasteiger partial charge in [0, 0.05) is 38.9 Å². The van der Waals surface area contributed by atoms with Gasteiger partial charge >= 0.3 is 0 Å². The van der Waals surface area contributed by atoms with Crippen LogP contribution in [-0.2, 0) is 0 Å². The molecule has 20 heavy (non-hydrogen) atoms. The van der Waals surface area contributed by atoms with Crippen molar-refractivity contribution in [3.05, 3.63) is 10.7 Å². The van der Waals surface area contributed by atoms with Crippen LogP contribution in [0.1, 0.15) is 13.8 Å². The number of piperazine rings is 1. The first-order chi connectivity index (χ1) is 9.39. The Balaban J connectivity index is 2.00. The van der Waals surface area contributed by atoms with Gasteiger partial charge < -0.3 is 10.0 Å². The van der Waals surface area contributed by atoms with Gasteiger partial charge in [0.05, 0.1) is 10.1 Å². The van der Waals surface area contributed by atoms with Crippen LogP contribution in [0.15, 0.2) is 10.7 Å². The van der Waals surface area contributed by atoms with Crippen LogP contribution < -0.4 is 16.2 Å². The third-order valence-electron chi connectivity index (χ3n) is 3.14. The van der Waals surface area contributed by atoms with E-state index in [0.29, 0.717) is 12.5 Å². The van der Waals surface area contributed by atoms with Crippen LogP contribution in [0.3, 0.4) is 0 Å². The average molecular weight is 345 g/mol. The van der Waals surface area contributed by atoms with E-state index in [4.69, 9.17) is 5.84 Å². The molecule has 1 aromatic heterocycles. The van der Waals surface area contributed by atoms with Crippen molar-refractivity contribution >= 4 is 27.7 Å². The first kappa shape index (κ1) is 15.4. The number of aliphatic hydroxyl groups is 1. The van der Waals surface area contributed by atoms with E-state index in [1.807, 2.05) is 13.8 Å². The number of β-amino-alcohol motifs (C(OH)–C–C–N with tert-alkyl or cyclic N) is 1. The van der Waals surface area contributed by atoms with Gasteiger partial charge in [-0.1, -0.05) is 0 Å². The highest BCUT2D eigenvalue weighted by atomic mass is 79.9. The Hall–Kier alpha value is -0.960. The molecule has 0 saturated carbocycles. The van der Waals surface area contributed by atoms with Crippen molar-refractivity contribution in [1.29, 1.82) is 0 Å². The van der Waals surface area contributed by atoms with E-state index < -0.39 is 5.60 Å². The molecule has 0 aliphatic carbocycles. The van der Waals surface area contributed by atoms with Crippen LogP contribution in [0.5, 0.6) is 0 Å². The molecule has 1 aromatic rings. The lowest BCUT2D eigenvalue weighted by Gasteiger charge is -2.38. The number of aromatic nitrogens is 2. The van der Waals surface area contributed by atoms with Crippen molar-refractivity contribution in [2.45, 2.75) is 19.4 Å². The zero-order valence-electron chi connectivity index (χ0n) is 11.8. The first-order valence-electron chi connectivity index (χ1n) is 6.58. The standard InChI is InChI=1S/C12H21BrN6O/c1-12(2,20)8-18-3-5-19(6-4-18)10-9(13)7-15-11(16-10)17-14/h7,20H,3-6,8,14H2,1-2H3,(H,15,16,17). The molecule has 0 amide bonds. The van der Waals surface area contributed by atoms with Crippen LogP contribution in [0.25, 0.3) is 0 Å². The highest BCUT2D eigenvalue weighted by molar-refractivity contribution is 9.10. The fourth-order valence-electron chi connectivity index (χ4n) is 2.31. The zero-order valence-corrected chi connectivity index (χ0v) is 13.4. The number of hydrogen-bond acceptors (Lipinski definition) is 7. The second-order valence-electron chi connectivity index (χ2n) is 5.59. The van der Waals surface area contributed by atoms with Gasteiger partial charge in [0.15, 0.2) is 0 Å². The van der Waals surface area contributed by atoms with E-state index in [2.05, 4.69) is 41.1 Å². The number of nitrogens with one attached hydrogen (secondary N) is 1. The molecule has 112 valence electrons. The Morgan fingerprint density at radius 1 is 1.40 bits per heavy atom. The van der Waals surface area contributed by atoms with Gasteiger partial charge in [-0.3, -0.25) is 10.3 Å². The Morgan fingerprint density at radius 2 is 2.05 bits per heavy atom. The molecule has 7 nitrogen and oxygen atoms in total. The van der Waals surface area contributed by atoms with E-state index in [-0.39, 0.29) is 0 Å². The second-order valence-corrected chi connectivity index (χ2v) is 6.44. The van der Waals surface area contributed by atoms with Crippen LogP contribution in [0.4, 0.5) is 11.8 Å². The topological polar surface area (TPSA) is 90.5 Å². The second kappa shape index (κ2) is 6.21. The largest absolute Gasteiger partial charge is 0.389 e. The molecule has 0 spiro atoms. The number of anilines is 2. The van der Waals surface area contributed by atoms with Gasteiger partial charge in [-0.05, 0) is 29.8 Å². The molecule has 0 unspecified atom stereocenters. The van der Waals surface area contributed by atoms with Gasteiger partial charge in [0.1, 0.15) is 5.82 Å². The maximum Gasteiger partial charge on any atom is 0.239 e. The van der Waals surface area contributed by atoms with E-state index >= 15 is 0 Å². The summed E-state index contributed by atoms with van der Waals surface area (Å²) < 4.78 is 0.854. The number of hydrazine groups is 1. The van der Waals surface area contributed by atoms with Crippen molar-refractivity contribution in [3.63, 3.8) is 0 Å². The van der Waals surface area contributed by atoms with Crippen molar-refractivity contribution in [2.75, 3.05) is 43.0 Å². The third-order valence-corrected chi connectivity index (χ3v) is 3.70. The first-order valence-corrected chi connectivity index (χ1v) is 7.37. The van der Waals surface area contributed by atoms with Crippen molar-refractivity contribution in [3.8, 4) is 0 Å². The van der Waals surface area contributed by atoms with Crippen LogP contribution in [0, 0.1) is 0 Å². The van der Waals surface area contributed by atoms with Crippen LogP contribution in [0.2, 0.25) is 0 Å². The van der Waals surface area contributed by atoms with E-state index in [1.54, 1.807) is 6.20 Å². The molecule has 1 saturated heterocycles. The summed E-state index contributed by atoms with van der Waals surface area (Å²) in [5.74, 6) is 6.59. The molecule has 0 aromatic carbocycles. The van der Waals surface area contributed by atoms with Crippen LogP contribution in [-0.4, -0.2) is 58.3 Å². The van der Waals surface area contributed by atoms with E-state index in [9.17, 15) is 5.11 Å². The smallest absolute Gasteiger partial charge is 0.239 e. The molecule has 2 heterocycles. The summed E-state index contributed by atoms with van der Waals surface area (Å²) in [6.45, 7) is 7.85. The molecule has 0 atom stereocenters. The van der Waals surface area contributed by atoms with Gasteiger partial charge in [0.2, 0.25) is 5.95 Å². The SMILES string of the molecule is CC(C)(O)CN1CCN(c2nc(NN)ncc2Br)CC1. The lowest BCUT2D eigenvalue weighted by molar-refractivity contribution is 0.0344. The number of nitrogens with zero attached hydrogens (tertiary/aromatic N) is 4. The molecule has 1 fully saturated rings. The molecule has 1 aliphatic heterocycles. The normalized spacial score (nSPS) is 17.4. The molecule has 1 aliphatic rings. The lowest BCUT2D eigenvalue weighted by Crippen LogP contribution is -2.50. The van der Waals surface area contributed by atoms with Crippen LogP contribution >= 0.6 is 15.9 Å². The molecule has 8 heteroatoms. The van der Waals surface area contributed by atoms with Crippen molar-refractivity contribution in [1.82, 2.24) is 14.9 Å². The number of nitrogen functional groups attached to an aromatic ring is 1. The van der Waals surface area contributed by atoms with Gasteiger partial charge in [-0.2, -0.15) is 4.98 Å². The van der Waals surface area contributed by atoms with Gasteiger partial charge in [0.25, 0.3) is 0 Å². The zero-order chi connectivity index (χ0) is 14.8. The number of halogens is 1. The van der Waals surface area contributed by atoms with Gasteiger partial charge in [-0.25, -0.2) is 10.8 Å². The summed E-state index contributed by atoms with van der Waals surface area (Å²) in [5.41, 5.74) is 1.80. The fraction of sp³-hybridized carbons (Fsp3) is 0.667. The highest BCUT2D eigenvalue weighted by Crippen LogP contribution is 2.25. The van der Waals surface area contributed by atoms with Gasteiger partial charge in [-0.15, -0.1) is 0 Å². The minimum Gasteiger partial charge on any atom is -0.389 e. The minimum absolute atomic E-state index is 0.405. The summed E-state index contributed by atoms with van der Waals surface area (Å²) >= 11 is 3.47. The highest BCUT2D eigenvalue weighted by Gasteiger charge is 2.24. The predicted molar refractivity (Wildman–Crippen MR) is 82.5 cm³/mol. The summed E-state index contributed by atoms with van der Waals surface area (Å²) in [5, 5.41) is 9.86. The predicted octanol–water partition coefficient (Wildman–Crippen LogP) is 0.418.